The molecule has 1 aromatic rings. The number of hydrogen-bond donors (Lipinski definition) is 1. The highest BCUT2D eigenvalue weighted by Gasteiger charge is 2.25. The molecule has 0 amide bonds. The van der Waals surface area contributed by atoms with E-state index in [0.717, 1.165) is 31.0 Å². The van der Waals surface area contributed by atoms with Gasteiger partial charge in [0.25, 0.3) is 0 Å². The second-order valence-corrected chi connectivity index (χ2v) is 6.63. The first kappa shape index (κ1) is 16.1. The molecule has 0 fully saturated rings. The van der Waals surface area contributed by atoms with Crippen LogP contribution in [0.2, 0.25) is 0 Å². The number of ether oxygens (including phenoxy) is 2. The summed E-state index contributed by atoms with van der Waals surface area (Å²) in [4.78, 5) is 2.50. The highest BCUT2D eigenvalue weighted by Crippen LogP contribution is 2.36. The average molecular weight is 292 g/mol. The first-order valence-corrected chi connectivity index (χ1v) is 7.80. The highest BCUT2D eigenvalue weighted by molar-refractivity contribution is 5.45. The van der Waals surface area contributed by atoms with Crippen molar-refractivity contribution in [3.63, 3.8) is 0 Å². The average Bonchev–Trinajstić information content (AvgIpc) is 2.93. The number of nitrogens with two attached hydrogens (primary N) is 1. The van der Waals surface area contributed by atoms with Gasteiger partial charge in [0.2, 0.25) is 6.79 Å². The lowest BCUT2D eigenvalue weighted by Gasteiger charge is -2.36. The third kappa shape index (κ3) is 3.89. The number of rotatable bonds is 7. The molecule has 1 aliphatic heterocycles. The van der Waals surface area contributed by atoms with Crippen LogP contribution in [0.5, 0.6) is 11.5 Å². The lowest BCUT2D eigenvalue weighted by molar-refractivity contribution is 0.140. The van der Waals surface area contributed by atoms with Crippen LogP contribution < -0.4 is 15.2 Å². The molecule has 0 saturated heterocycles. The van der Waals surface area contributed by atoms with Crippen molar-refractivity contribution >= 4 is 0 Å². The van der Waals surface area contributed by atoms with E-state index in [0.29, 0.717) is 19.4 Å². The van der Waals surface area contributed by atoms with E-state index in [-0.39, 0.29) is 5.41 Å². The molecule has 0 radical (unpaired) electrons. The molecule has 1 aromatic carbocycles. The monoisotopic (exact) mass is 292 g/mol. The third-order valence-corrected chi connectivity index (χ3v) is 4.12. The number of hydrogen-bond acceptors (Lipinski definition) is 4. The zero-order chi connectivity index (χ0) is 15.5. The van der Waals surface area contributed by atoms with Crippen LogP contribution in [0.1, 0.15) is 45.7 Å². The molecule has 0 aliphatic carbocycles. The minimum absolute atomic E-state index is 0.125. The van der Waals surface area contributed by atoms with Gasteiger partial charge in [-0.15, -0.1) is 0 Å². The summed E-state index contributed by atoms with van der Waals surface area (Å²) in [6, 6.07) is 6.58. The quantitative estimate of drug-likeness (QED) is 0.838. The maximum atomic E-state index is 5.90. The molecule has 1 atom stereocenters. The van der Waals surface area contributed by atoms with E-state index >= 15 is 0 Å². The predicted molar refractivity (Wildman–Crippen MR) is 85.7 cm³/mol. The smallest absolute Gasteiger partial charge is 0.231 e. The molecule has 21 heavy (non-hydrogen) atoms. The Morgan fingerprint density at radius 1 is 1.29 bits per heavy atom. The SMILES string of the molecule is CCCN(CC(C)(C)CN)C(C)c1ccc2c(c1)OCO2. The van der Waals surface area contributed by atoms with Crippen molar-refractivity contribution in [2.75, 3.05) is 26.4 Å². The standard InChI is InChI=1S/C17H28N2O2/c1-5-8-19(11-17(3,4)10-18)13(2)14-6-7-15-16(9-14)21-12-20-15/h6-7,9,13H,5,8,10-12,18H2,1-4H3. The Morgan fingerprint density at radius 2 is 2.00 bits per heavy atom. The van der Waals surface area contributed by atoms with E-state index in [2.05, 4.69) is 44.7 Å². The van der Waals surface area contributed by atoms with E-state index in [1.165, 1.54) is 5.56 Å². The normalized spacial score (nSPS) is 15.5. The van der Waals surface area contributed by atoms with Crippen molar-refractivity contribution in [3.8, 4) is 11.5 Å². The summed E-state index contributed by atoms with van der Waals surface area (Å²) in [5, 5.41) is 0. The van der Waals surface area contributed by atoms with Crippen molar-refractivity contribution in [3.05, 3.63) is 23.8 Å². The van der Waals surface area contributed by atoms with Crippen LogP contribution in [0, 0.1) is 5.41 Å². The van der Waals surface area contributed by atoms with Crippen LogP contribution >= 0.6 is 0 Å². The van der Waals surface area contributed by atoms with Gasteiger partial charge >= 0.3 is 0 Å². The van der Waals surface area contributed by atoms with Gasteiger partial charge < -0.3 is 15.2 Å². The summed E-state index contributed by atoms with van der Waals surface area (Å²) in [6.45, 7) is 12.0. The third-order valence-electron chi connectivity index (χ3n) is 4.12. The molecule has 2 N–H and O–H groups in total. The minimum atomic E-state index is 0.125. The summed E-state index contributed by atoms with van der Waals surface area (Å²) < 4.78 is 10.9. The van der Waals surface area contributed by atoms with Crippen LogP contribution in [-0.4, -0.2) is 31.3 Å². The molecular formula is C17H28N2O2. The van der Waals surface area contributed by atoms with E-state index in [1.807, 2.05) is 6.07 Å². The Kier molecular flexibility index (Phi) is 5.12. The fraction of sp³-hybridized carbons (Fsp3) is 0.647. The van der Waals surface area contributed by atoms with Crippen LogP contribution in [0.4, 0.5) is 0 Å². The van der Waals surface area contributed by atoms with Crippen molar-refractivity contribution in [2.24, 2.45) is 11.1 Å². The summed E-state index contributed by atoms with van der Waals surface area (Å²) in [6.07, 6.45) is 1.13. The van der Waals surface area contributed by atoms with Crippen molar-refractivity contribution in [1.82, 2.24) is 4.90 Å². The highest BCUT2D eigenvalue weighted by atomic mass is 16.7. The fourth-order valence-corrected chi connectivity index (χ4v) is 2.69. The van der Waals surface area contributed by atoms with Crippen LogP contribution in [0.15, 0.2) is 18.2 Å². The fourth-order valence-electron chi connectivity index (χ4n) is 2.69. The zero-order valence-corrected chi connectivity index (χ0v) is 13.7. The molecule has 4 nitrogen and oxygen atoms in total. The van der Waals surface area contributed by atoms with Gasteiger partial charge in [-0.1, -0.05) is 26.8 Å². The molecule has 0 spiro atoms. The van der Waals surface area contributed by atoms with Crippen molar-refractivity contribution in [1.29, 1.82) is 0 Å². The second-order valence-electron chi connectivity index (χ2n) is 6.63. The van der Waals surface area contributed by atoms with Gasteiger partial charge in [-0.3, -0.25) is 4.90 Å². The van der Waals surface area contributed by atoms with E-state index < -0.39 is 0 Å². The molecule has 0 bridgehead atoms. The van der Waals surface area contributed by atoms with Crippen LogP contribution in [0.3, 0.4) is 0 Å². The minimum Gasteiger partial charge on any atom is -0.454 e. The summed E-state index contributed by atoms with van der Waals surface area (Å²) >= 11 is 0. The van der Waals surface area contributed by atoms with Crippen molar-refractivity contribution < 1.29 is 9.47 Å². The molecule has 118 valence electrons. The topological polar surface area (TPSA) is 47.7 Å². The molecule has 1 unspecified atom stereocenters. The van der Waals surface area contributed by atoms with E-state index in [4.69, 9.17) is 15.2 Å². The summed E-state index contributed by atoms with van der Waals surface area (Å²) in [5.41, 5.74) is 7.29. The Morgan fingerprint density at radius 3 is 2.67 bits per heavy atom. The Hall–Kier alpha value is -1.26. The Balaban J connectivity index is 2.15. The second kappa shape index (κ2) is 6.67. The van der Waals surface area contributed by atoms with Gasteiger partial charge in [-0.05, 0) is 49.5 Å². The van der Waals surface area contributed by atoms with Crippen molar-refractivity contribution in [2.45, 2.75) is 40.2 Å². The lowest BCUT2D eigenvalue weighted by Crippen LogP contribution is -2.40. The maximum Gasteiger partial charge on any atom is 0.231 e. The Labute approximate surface area is 128 Å². The largest absolute Gasteiger partial charge is 0.454 e. The molecule has 1 heterocycles. The Bertz CT molecular complexity index is 474. The predicted octanol–water partition coefficient (Wildman–Crippen LogP) is 3.17. The maximum absolute atomic E-state index is 5.90. The van der Waals surface area contributed by atoms with Gasteiger partial charge in [0.1, 0.15) is 0 Å². The molecule has 0 aromatic heterocycles. The molecule has 2 rings (SSSR count). The molecular weight excluding hydrogens is 264 g/mol. The number of benzene rings is 1. The van der Waals surface area contributed by atoms with Gasteiger partial charge in [-0.25, -0.2) is 0 Å². The van der Waals surface area contributed by atoms with Gasteiger partial charge in [0.15, 0.2) is 11.5 Å². The van der Waals surface area contributed by atoms with Crippen LogP contribution in [-0.2, 0) is 0 Å². The number of nitrogens with zero attached hydrogens (tertiary/aromatic N) is 1. The zero-order valence-electron chi connectivity index (χ0n) is 13.7. The van der Waals surface area contributed by atoms with Crippen LogP contribution in [0.25, 0.3) is 0 Å². The van der Waals surface area contributed by atoms with E-state index in [1.54, 1.807) is 0 Å². The summed E-state index contributed by atoms with van der Waals surface area (Å²) in [7, 11) is 0. The van der Waals surface area contributed by atoms with E-state index in [9.17, 15) is 0 Å². The number of fused-ring (bicyclic) bond motifs is 1. The van der Waals surface area contributed by atoms with Gasteiger partial charge in [0.05, 0.1) is 0 Å². The molecule has 1 aliphatic rings. The van der Waals surface area contributed by atoms with Gasteiger partial charge in [-0.2, -0.15) is 0 Å². The lowest BCUT2D eigenvalue weighted by atomic mass is 9.91. The first-order chi connectivity index (χ1) is 9.96. The summed E-state index contributed by atoms with van der Waals surface area (Å²) in [5.74, 6) is 1.70. The first-order valence-electron chi connectivity index (χ1n) is 7.80. The molecule has 0 saturated carbocycles. The van der Waals surface area contributed by atoms with Gasteiger partial charge in [0, 0.05) is 12.6 Å². The molecule has 4 heteroatoms.